The number of aryl methyl sites for hydroxylation is 1. The molecule has 1 aliphatic heterocycles. The molecule has 0 radical (unpaired) electrons. The van der Waals surface area contributed by atoms with E-state index in [1.54, 1.807) is 12.3 Å². The van der Waals surface area contributed by atoms with Gasteiger partial charge in [0.05, 0.1) is 24.4 Å². The zero-order valence-corrected chi connectivity index (χ0v) is 16.3. The molecule has 0 atom stereocenters. The van der Waals surface area contributed by atoms with E-state index in [4.69, 9.17) is 22.3 Å². The molecule has 9 nitrogen and oxygen atoms in total. The van der Waals surface area contributed by atoms with Crippen LogP contribution in [0, 0.1) is 11.3 Å². The minimum absolute atomic E-state index is 0.0564. The van der Waals surface area contributed by atoms with E-state index < -0.39 is 33.8 Å². The van der Waals surface area contributed by atoms with E-state index in [-0.39, 0.29) is 34.3 Å². The second-order valence-corrected chi connectivity index (χ2v) is 8.41. The van der Waals surface area contributed by atoms with Gasteiger partial charge in [0.15, 0.2) is 5.65 Å². The van der Waals surface area contributed by atoms with E-state index in [1.807, 2.05) is 6.07 Å². The molecule has 3 aromatic rings. The third-order valence-corrected chi connectivity index (χ3v) is 6.55. The smallest absolute Gasteiger partial charge is 0.246 e. The molecule has 0 N–H and O–H groups in total. The summed E-state index contributed by atoms with van der Waals surface area (Å²) in [7, 11) is -3.20. The lowest BCUT2D eigenvalue weighted by atomic mass is 9.91. The first kappa shape index (κ1) is 14.5. The van der Waals surface area contributed by atoms with Crippen LogP contribution in [0.3, 0.4) is 0 Å². The molecule has 4 rings (SSSR count). The maximum Gasteiger partial charge on any atom is 0.246 e. The first-order valence-corrected chi connectivity index (χ1v) is 10.1. The Bertz CT molecular complexity index is 1330. The molecule has 0 unspecified atom stereocenters. The van der Waals surface area contributed by atoms with Crippen LogP contribution in [-0.4, -0.2) is 50.1 Å². The zero-order valence-electron chi connectivity index (χ0n) is 18.7. The largest absolute Gasteiger partial charge is 0.270 e. The number of hydrogen-bond donors (Lipinski definition) is 0. The van der Waals surface area contributed by atoms with Crippen LogP contribution in [0.4, 0.5) is 0 Å². The summed E-state index contributed by atoms with van der Waals surface area (Å²) >= 11 is 6.36. The standard InChI is InChI=1S/C17H18ClN7O2S/c1-23-15(2-5-19)16(9-21-23)28(26,27)24-6-3-12(4-7-24)13-10-25-17(8-14(13)18)20-11-22-25/h8-12H,2-4,6-7H2,1H3/i6D2,7D2. The lowest BCUT2D eigenvalue weighted by Crippen LogP contribution is -2.38. The van der Waals surface area contributed by atoms with Crippen molar-refractivity contribution >= 4 is 27.3 Å². The molecule has 146 valence electrons. The second kappa shape index (κ2) is 7.16. The highest BCUT2D eigenvalue weighted by atomic mass is 35.5. The summed E-state index contributed by atoms with van der Waals surface area (Å²) < 4.78 is 63.8. The monoisotopic (exact) mass is 423 g/mol. The van der Waals surface area contributed by atoms with Gasteiger partial charge in [0.25, 0.3) is 0 Å². The molecule has 11 heteroatoms. The molecular formula is C17H18ClN7O2S. The van der Waals surface area contributed by atoms with Gasteiger partial charge < -0.3 is 0 Å². The second-order valence-electron chi connectivity index (χ2n) is 6.24. The van der Waals surface area contributed by atoms with E-state index in [1.165, 1.54) is 22.6 Å². The molecule has 0 aromatic carbocycles. The Morgan fingerprint density at radius 1 is 1.39 bits per heavy atom. The molecule has 0 amide bonds. The first-order chi connectivity index (χ1) is 14.9. The molecule has 0 aliphatic carbocycles. The van der Waals surface area contributed by atoms with Crippen LogP contribution in [-0.2, 0) is 23.5 Å². The Labute approximate surface area is 172 Å². The van der Waals surface area contributed by atoms with Crippen LogP contribution in [0.15, 0.2) is 29.7 Å². The third kappa shape index (κ3) is 3.15. The minimum Gasteiger partial charge on any atom is -0.270 e. The van der Waals surface area contributed by atoms with Crippen molar-refractivity contribution in [1.82, 2.24) is 28.7 Å². The number of piperidine rings is 1. The van der Waals surface area contributed by atoms with Gasteiger partial charge in [-0.25, -0.2) is 17.9 Å². The van der Waals surface area contributed by atoms with E-state index in [9.17, 15) is 8.42 Å². The number of sulfonamides is 1. The van der Waals surface area contributed by atoms with Crippen molar-refractivity contribution in [2.24, 2.45) is 7.05 Å². The number of aromatic nitrogens is 5. The molecule has 0 bridgehead atoms. The Kier molecular flexibility index (Phi) is 3.71. The van der Waals surface area contributed by atoms with Gasteiger partial charge >= 0.3 is 0 Å². The molecule has 4 heterocycles. The van der Waals surface area contributed by atoms with E-state index >= 15 is 0 Å². The van der Waals surface area contributed by atoms with Gasteiger partial charge in [-0.3, -0.25) is 4.68 Å². The molecule has 1 aliphatic rings. The summed E-state index contributed by atoms with van der Waals surface area (Å²) in [5.74, 6) is -0.722. The molecule has 0 saturated carbocycles. The quantitative estimate of drug-likeness (QED) is 0.632. The van der Waals surface area contributed by atoms with Crippen molar-refractivity contribution in [1.29, 1.82) is 5.26 Å². The highest BCUT2D eigenvalue weighted by Crippen LogP contribution is 2.35. The number of pyridine rings is 1. The molecule has 3 aromatic heterocycles. The average Bonchev–Trinajstić information content (AvgIpc) is 3.25. The molecular weight excluding hydrogens is 402 g/mol. The summed E-state index contributed by atoms with van der Waals surface area (Å²) in [5, 5.41) is 17.2. The molecule has 1 saturated heterocycles. The number of nitriles is 1. The van der Waals surface area contributed by atoms with Crippen LogP contribution in [0.5, 0.6) is 0 Å². The summed E-state index contributed by atoms with van der Waals surface area (Å²) in [6.07, 6.45) is 2.95. The van der Waals surface area contributed by atoms with Crippen LogP contribution in [0.25, 0.3) is 5.65 Å². The fourth-order valence-electron chi connectivity index (χ4n) is 3.09. The Morgan fingerprint density at radius 2 is 2.14 bits per heavy atom. The number of nitrogens with zero attached hydrogens (tertiary/aromatic N) is 7. The van der Waals surface area contributed by atoms with Crippen molar-refractivity contribution in [3.63, 3.8) is 0 Å². The van der Waals surface area contributed by atoms with Crippen molar-refractivity contribution in [2.45, 2.75) is 30.1 Å². The van der Waals surface area contributed by atoms with Gasteiger partial charge in [0.1, 0.15) is 11.2 Å². The van der Waals surface area contributed by atoms with Gasteiger partial charge in [-0.05, 0) is 24.3 Å². The fourth-order valence-corrected chi connectivity index (χ4v) is 4.76. The lowest BCUT2D eigenvalue weighted by Gasteiger charge is -2.31. The van der Waals surface area contributed by atoms with Gasteiger partial charge in [0, 0.05) is 42.8 Å². The summed E-state index contributed by atoms with van der Waals surface area (Å²) in [5.41, 5.74) is 0.980. The topological polar surface area (TPSA) is 109 Å². The summed E-state index contributed by atoms with van der Waals surface area (Å²) in [6, 6.07) is 3.40. The summed E-state index contributed by atoms with van der Waals surface area (Å²) in [6.45, 7) is -5.18. The maximum atomic E-state index is 13.4. The molecule has 1 fully saturated rings. The van der Waals surface area contributed by atoms with E-state index in [0.29, 0.717) is 11.2 Å². The predicted molar refractivity (Wildman–Crippen MR) is 101 cm³/mol. The Balaban J connectivity index is 1.77. The maximum absolute atomic E-state index is 13.4. The van der Waals surface area contributed by atoms with Gasteiger partial charge in [-0.15, -0.1) is 0 Å². The van der Waals surface area contributed by atoms with Crippen LogP contribution >= 0.6 is 11.6 Å². The lowest BCUT2D eigenvalue weighted by molar-refractivity contribution is 0.319. The molecule has 0 spiro atoms. The van der Waals surface area contributed by atoms with E-state index in [0.717, 1.165) is 6.20 Å². The number of rotatable bonds is 4. The normalized spacial score (nSPS) is 22.2. The summed E-state index contributed by atoms with van der Waals surface area (Å²) in [4.78, 5) is 3.63. The van der Waals surface area contributed by atoms with Crippen LogP contribution in [0.1, 0.15) is 35.5 Å². The minimum atomic E-state index is -4.66. The molecule has 28 heavy (non-hydrogen) atoms. The van der Waals surface area contributed by atoms with Gasteiger partial charge in [-0.1, -0.05) is 11.6 Å². The fraction of sp³-hybridized carbons (Fsp3) is 0.412. The van der Waals surface area contributed by atoms with E-state index in [2.05, 4.69) is 15.2 Å². The predicted octanol–water partition coefficient (Wildman–Crippen LogP) is 1.75. The average molecular weight is 424 g/mol. The highest BCUT2D eigenvalue weighted by molar-refractivity contribution is 7.89. The van der Waals surface area contributed by atoms with Gasteiger partial charge in [-0.2, -0.15) is 19.8 Å². The van der Waals surface area contributed by atoms with Crippen molar-refractivity contribution in [2.75, 3.05) is 13.0 Å². The van der Waals surface area contributed by atoms with Crippen molar-refractivity contribution in [3.05, 3.63) is 41.1 Å². The Hall–Kier alpha value is -2.48. The number of halogens is 1. The Morgan fingerprint density at radius 3 is 2.86 bits per heavy atom. The number of hydrogen-bond acceptors (Lipinski definition) is 6. The van der Waals surface area contributed by atoms with Crippen LogP contribution < -0.4 is 0 Å². The third-order valence-electron chi connectivity index (χ3n) is 4.58. The van der Waals surface area contributed by atoms with Crippen LogP contribution in [0.2, 0.25) is 5.02 Å². The van der Waals surface area contributed by atoms with Gasteiger partial charge in [0.2, 0.25) is 10.0 Å². The zero-order chi connectivity index (χ0) is 23.5. The van der Waals surface area contributed by atoms with Crippen molar-refractivity contribution in [3.8, 4) is 6.07 Å². The number of fused-ring (bicyclic) bond motifs is 1. The first-order valence-electron chi connectivity index (χ1n) is 10.3. The van der Waals surface area contributed by atoms with Crippen molar-refractivity contribution < 1.29 is 13.9 Å². The highest BCUT2D eigenvalue weighted by Gasteiger charge is 2.33. The SMILES string of the molecule is [2H]C1([2H])CC(c2cn3ncnc3cc2Cl)CC([2H])([2H])N1S(=O)(=O)c1cnn(C)c1CC#N.